The van der Waals surface area contributed by atoms with E-state index in [0.717, 1.165) is 6.42 Å². The van der Waals surface area contributed by atoms with Gasteiger partial charge in [-0.3, -0.25) is 4.79 Å². The maximum absolute atomic E-state index is 11.4. The van der Waals surface area contributed by atoms with E-state index >= 15 is 0 Å². The predicted octanol–water partition coefficient (Wildman–Crippen LogP) is 0.993. The van der Waals surface area contributed by atoms with Crippen molar-refractivity contribution >= 4 is 17.6 Å². The first kappa shape index (κ1) is 13.4. The normalized spacial score (nSPS) is 18.3. The second kappa shape index (κ2) is 5.27. The molecule has 1 fully saturated rings. The lowest BCUT2D eigenvalue weighted by atomic mass is 10.0. The van der Waals surface area contributed by atoms with Crippen LogP contribution in [0.2, 0.25) is 0 Å². The molecule has 1 aromatic rings. The Morgan fingerprint density at radius 3 is 2.68 bits per heavy atom. The van der Waals surface area contributed by atoms with Gasteiger partial charge in [-0.05, 0) is 31.0 Å². The first-order valence-electron chi connectivity index (χ1n) is 6.01. The summed E-state index contributed by atoms with van der Waals surface area (Å²) < 4.78 is 5.24. The molecule has 1 saturated heterocycles. The van der Waals surface area contributed by atoms with E-state index in [1.165, 1.54) is 12.1 Å². The number of carbonyl (C=O) groups excluding carboxylic acids is 1. The lowest BCUT2D eigenvalue weighted by Crippen LogP contribution is -2.23. The zero-order valence-corrected chi connectivity index (χ0v) is 10.6. The first-order valence-corrected chi connectivity index (χ1v) is 6.01. The van der Waals surface area contributed by atoms with Crippen molar-refractivity contribution in [2.75, 3.05) is 18.5 Å². The van der Waals surface area contributed by atoms with Crippen LogP contribution in [0.1, 0.15) is 32.7 Å². The molecule has 4 N–H and O–H groups in total. The molecule has 6 heteroatoms. The number of aryl methyl sites for hydroxylation is 1. The van der Waals surface area contributed by atoms with Crippen molar-refractivity contribution < 1.29 is 19.4 Å². The number of hydrogen-bond donors (Lipinski definition) is 3. The molecule has 0 aromatic heterocycles. The van der Waals surface area contributed by atoms with Crippen LogP contribution in [-0.2, 0) is 4.74 Å². The van der Waals surface area contributed by atoms with Gasteiger partial charge in [0.15, 0.2) is 0 Å². The molecular weight excluding hydrogens is 248 g/mol. The number of primary amides is 1. The summed E-state index contributed by atoms with van der Waals surface area (Å²) in [6, 6.07) is 3.03. The fraction of sp³-hybridized carbons (Fsp3) is 0.385. The van der Waals surface area contributed by atoms with Crippen LogP contribution in [0.5, 0.6) is 0 Å². The monoisotopic (exact) mass is 264 g/mol. The fourth-order valence-corrected chi connectivity index (χ4v) is 2.13. The van der Waals surface area contributed by atoms with Crippen molar-refractivity contribution in [3.8, 4) is 0 Å². The van der Waals surface area contributed by atoms with E-state index in [-0.39, 0.29) is 11.6 Å². The number of nitrogens with one attached hydrogen (secondary N) is 1. The molecule has 0 aliphatic carbocycles. The van der Waals surface area contributed by atoms with Gasteiger partial charge in [-0.2, -0.15) is 0 Å². The van der Waals surface area contributed by atoms with Crippen molar-refractivity contribution in [3.05, 3.63) is 28.8 Å². The van der Waals surface area contributed by atoms with Gasteiger partial charge in [-0.15, -0.1) is 0 Å². The largest absolute Gasteiger partial charge is 0.478 e. The van der Waals surface area contributed by atoms with E-state index in [1.807, 2.05) is 0 Å². The molecule has 102 valence electrons. The van der Waals surface area contributed by atoms with Gasteiger partial charge < -0.3 is 20.9 Å². The number of carboxylic acid groups (broad SMARTS) is 1. The summed E-state index contributed by atoms with van der Waals surface area (Å²) in [6.07, 6.45) is 0.814. The van der Waals surface area contributed by atoms with Crippen molar-refractivity contribution in [2.24, 2.45) is 5.73 Å². The quantitative estimate of drug-likeness (QED) is 0.752. The minimum absolute atomic E-state index is 0.0717. The van der Waals surface area contributed by atoms with E-state index in [2.05, 4.69) is 5.32 Å². The number of hydrogen-bond acceptors (Lipinski definition) is 4. The summed E-state index contributed by atoms with van der Waals surface area (Å²) in [5.74, 6) is -1.61. The van der Waals surface area contributed by atoms with Gasteiger partial charge >= 0.3 is 5.97 Å². The van der Waals surface area contributed by atoms with Crippen molar-refractivity contribution in [3.63, 3.8) is 0 Å². The lowest BCUT2D eigenvalue weighted by molar-refractivity contribution is 0.0695. The van der Waals surface area contributed by atoms with Gasteiger partial charge in [0.05, 0.1) is 23.8 Å². The Morgan fingerprint density at radius 1 is 1.42 bits per heavy atom. The molecule has 0 spiro atoms. The Kier molecular flexibility index (Phi) is 3.71. The van der Waals surface area contributed by atoms with Crippen LogP contribution in [0.3, 0.4) is 0 Å². The molecule has 0 saturated carbocycles. The van der Waals surface area contributed by atoms with Crippen molar-refractivity contribution in [1.82, 2.24) is 0 Å². The zero-order chi connectivity index (χ0) is 14.0. The molecule has 1 aliphatic rings. The number of aromatic carboxylic acids is 1. The SMILES string of the molecule is Cc1cc(C(N)=O)c(NC2CCOC2)cc1C(=O)O. The molecule has 1 atom stereocenters. The van der Waals surface area contributed by atoms with Crippen LogP contribution in [0.15, 0.2) is 12.1 Å². The minimum Gasteiger partial charge on any atom is -0.478 e. The van der Waals surface area contributed by atoms with E-state index in [9.17, 15) is 9.59 Å². The summed E-state index contributed by atoms with van der Waals surface area (Å²) in [7, 11) is 0. The van der Waals surface area contributed by atoms with Crippen LogP contribution >= 0.6 is 0 Å². The summed E-state index contributed by atoms with van der Waals surface area (Å²) in [4.78, 5) is 22.6. The summed E-state index contributed by atoms with van der Waals surface area (Å²) >= 11 is 0. The Labute approximate surface area is 110 Å². The molecule has 1 amide bonds. The third-order valence-electron chi connectivity index (χ3n) is 3.15. The molecular formula is C13H16N2O4. The van der Waals surface area contributed by atoms with Crippen LogP contribution in [0.25, 0.3) is 0 Å². The predicted molar refractivity (Wildman–Crippen MR) is 69.5 cm³/mol. The van der Waals surface area contributed by atoms with Gasteiger partial charge in [0.25, 0.3) is 5.91 Å². The Bertz CT molecular complexity index is 522. The van der Waals surface area contributed by atoms with E-state index in [1.54, 1.807) is 6.92 Å². The number of nitrogens with two attached hydrogens (primary N) is 1. The van der Waals surface area contributed by atoms with Gasteiger partial charge in [0.1, 0.15) is 0 Å². The Hall–Kier alpha value is -2.08. The Morgan fingerprint density at radius 2 is 2.16 bits per heavy atom. The van der Waals surface area contributed by atoms with Crippen LogP contribution in [0, 0.1) is 6.92 Å². The molecule has 6 nitrogen and oxygen atoms in total. The second-order valence-electron chi connectivity index (χ2n) is 4.59. The highest BCUT2D eigenvalue weighted by atomic mass is 16.5. The number of carboxylic acids is 1. The lowest BCUT2D eigenvalue weighted by Gasteiger charge is -2.16. The third kappa shape index (κ3) is 2.85. The molecule has 1 heterocycles. The highest BCUT2D eigenvalue weighted by Crippen LogP contribution is 2.23. The zero-order valence-electron chi connectivity index (χ0n) is 10.6. The second-order valence-corrected chi connectivity index (χ2v) is 4.59. The molecule has 1 aliphatic heterocycles. The van der Waals surface area contributed by atoms with Gasteiger partial charge in [0, 0.05) is 12.3 Å². The average Bonchev–Trinajstić information content (AvgIpc) is 2.83. The van der Waals surface area contributed by atoms with Crippen LogP contribution < -0.4 is 11.1 Å². The smallest absolute Gasteiger partial charge is 0.336 e. The summed E-state index contributed by atoms with van der Waals surface area (Å²) in [5, 5.41) is 12.2. The highest BCUT2D eigenvalue weighted by Gasteiger charge is 2.20. The standard InChI is InChI=1S/C13H16N2O4/c1-7-4-10(12(14)16)11(5-9(7)13(17)18)15-8-2-3-19-6-8/h4-5,8,15H,2-3,6H2,1H3,(H2,14,16)(H,17,18). The average molecular weight is 264 g/mol. The molecule has 19 heavy (non-hydrogen) atoms. The van der Waals surface area contributed by atoms with Gasteiger partial charge in [-0.1, -0.05) is 0 Å². The third-order valence-corrected chi connectivity index (χ3v) is 3.15. The Balaban J connectivity index is 2.39. The number of rotatable bonds is 4. The van der Waals surface area contributed by atoms with E-state index < -0.39 is 11.9 Å². The molecule has 2 rings (SSSR count). The van der Waals surface area contributed by atoms with Crippen LogP contribution in [0.4, 0.5) is 5.69 Å². The molecule has 1 unspecified atom stereocenters. The number of ether oxygens (including phenoxy) is 1. The molecule has 0 bridgehead atoms. The molecule has 1 aromatic carbocycles. The maximum atomic E-state index is 11.4. The van der Waals surface area contributed by atoms with Crippen molar-refractivity contribution in [2.45, 2.75) is 19.4 Å². The topological polar surface area (TPSA) is 102 Å². The molecule has 0 radical (unpaired) electrons. The minimum atomic E-state index is -1.03. The van der Waals surface area contributed by atoms with Crippen LogP contribution in [-0.4, -0.2) is 36.2 Å². The van der Waals surface area contributed by atoms with Gasteiger partial charge in [0.2, 0.25) is 0 Å². The first-order chi connectivity index (χ1) is 8.99. The number of anilines is 1. The highest BCUT2D eigenvalue weighted by molar-refractivity contribution is 6.01. The maximum Gasteiger partial charge on any atom is 0.336 e. The van der Waals surface area contributed by atoms with Crippen molar-refractivity contribution in [1.29, 1.82) is 0 Å². The summed E-state index contributed by atoms with van der Waals surface area (Å²) in [5.41, 5.74) is 6.74. The number of amides is 1. The number of carbonyl (C=O) groups is 2. The van der Waals surface area contributed by atoms with E-state index in [4.69, 9.17) is 15.6 Å². The van der Waals surface area contributed by atoms with E-state index in [0.29, 0.717) is 30.0 Å². The fourth-order valence-electron chi connectivity index (χ4n) is 2.13. The summed E-state index contributed by atoms with van der Waals surface area (Å²) in [6.45, 7) is 2.83. The number of benzene rings is 1. The van der Waals surface area contributed by atoms with Gasteiger partial charge in [-0.25, -0.2) is 4.79 Å².